The van der Waals surface area contributed by atoms with Crippen molar-refractivity contribution in [1.29, 1.82) is 5.26 Å². The lowest BCUT2D eigenvalue weighted by Crippen LogP contribution is -2.51. The standard InChI is InChI=1S/C34H28N6.C2H6/c1-33(2)34(3,4)40(32-38-30-25-18-12-11-13-22(25)19-20-27(30)39(32)33)31-36-28(23-14-7-5-8-15-23)26(21-35)29(37-31)24-16-9-6-10-17-24;1-2/h5-20H,1-4H3;1-2H3. The van der Waals surface area contributed by atoms with Crippen LogP contribution in [-0.4, -0.2) is 25.1 Å². The number of aromatic nitrogens is 4. The zero-order valence-corrected chi connectivity index (χ0v) is 24.9. The number of nitriles is 1. The number of imidazole rings is 1. The first-order valence-corrected chi connectivity index (χ1v) is 14.5. The quantitative estimate of drug-likeness (QED) is 0.220. The van der Waals surface area contributed by atoms with Gasteiger partial charge in [-0.25, -0.2) is 15.0 Å². The molecule has 0 N–H and O–H groups in total. The molecule has 0 saturated heterocycles. The van der Waals surface area contributed by atoms with Crippen LogP contribution in [-0.2, 0) is 5.54 Å². The highest BCUT2D eigenvalue weighted by molar-refractivity contribution is 6.05. The summed E-state index contributed by atoms with van der Waals surface area (Å²) in [4.78, 5) is 17.6. The van der Waals surface area contributed by atoms with Crippen LogP contribution in [0.3, 0.4) is 0 Å². The van der Waals surface area contributed by atoms with Crippen molar-refractivity contribution in [2.45, 2.75) is 52.6 Å². The Morgan fingerprint density at radius 2 is 1.19 bits per heavy atom. The van der Waals surface area contributed by atoms with E-state index >= 15 is 0 Å². The molecule has 6 aromatic rings. The zero-order chi connectivity index (χ0) is 29.6. The minimum Gasteiger partial charge on any atom is -0.302 e. The van der Waals surface area contributed by atoms with Gasteiger partial charge in [0.15, 0.2) is 0 Å². The monoisotopic (exact) mass is 550 g/mol. The summed E-state index contributed by atoms with van der Waals surface area (Å²) < 4.78 is 2.32. The highest BCUT2D eigenvalue weighted by Gasteiger charge is 2.54. The van der Waals surface area contributed by atoms with E-state index in [0.29, 0.717) is 22.9 Å². The summed E-state index contributed by atoms with van der Waals surface area (Å²) in [5, 5.41) is 12.6. The summed E-state index contributed by atoms with van der Waals surface area (Å²) in [5.74, 6) is 1.32. The molecule has 2 aromatic heterocycles. The van der Waals surface area contributed by atoms with E-state index in [2.05, 4.69) is 79.6 Å². The molecule has 0 spiro atoms. The highest BCUT2D eigenvalue weighted by atomic mass is 15.5. The average Bonchev–Trinajstić information content (AvgIpc) is 3.48. The van der Waals surface area contributed by atoms with E-state index in [0.717, 1.165) is 38.9 Å². The van der Waals surface area contributed by atoms with Crippen LogP contribution >= 0.6 is 0 Å². The SMILES string of the molecule is CC.CC1(C)N(c2nc(-c3ccccc3)c(C#N)c(-c3ccccc3)n2)c2nc3c4ccccc4ccc3n2C1(C)C. The van der Waals surface area contributed by atoms with Crippen LogP contribution in [0.1, 0.15) is 47.1 Å². The first-order chi connectivity index (χ1) is 20.3. The Balaban J connectivity index is 0.00000155. The third kappa shape index (κ3) is 3.88. The fourth-order valence-electron chi connectivity index (χ4n) is 5.90. The normalized spacial score (nSPS) is 14.7. The molecule has 4 aromatic carbocycles. The molecule has 0 aliphatic carbocycles. The molecule has 0 atom stereocenters. The Morgan fingerprint density at radius 1 is 0.643 bits per heavy atom. The summed E-state index contributed by atoms with van der Waals surface area (Å²) in [5.41, 5.74) is 4.67. The minimum absolute atomic E-state index is 0.351. The fourth-order valence-corrected chi connectivity index (χ4v) is 5.90. The molecule has 6 nitrogen and oxygen atoms in total. The molecule has 0 unspecified atom stereocenters. The second-order valence-corrected chi connectivity index (χ2v) is 11.3. The largest absolute Gasteiger partial charge is 0.302 e. The van der Waals surface area contributed by atoms with Gasteiger partial charge in [-0.2, -0.15) is 5.26 Å². The predicted octanol–water partition coefficient (Wildman–Crippen LogP) is 8.88. The van der Waals surface area contributed by atoms with E-state index in [1.165, 1.54) is 0 Å². The zero-order valence-electron chi connectivity index (χ0n) is 24.9. The van der Waals surface area contributed by atoms with Gasteiger partial charge >= 0.3 is 0 Å². The van der Waals surface area contributed by atoms with Crippen LogP contribution in [0.2, 0.25) is 0 Å². The van der Waals surface area contributed by atoms with Crippen molar-refractivity contribution in [3.05, 3.63) is 103 Å². The first kappa shape index (κ1) is 27.2. The lowest BCUT2D eigenvalue weighted by atomic mass is 9.82. The van der Waals surface area contributed by atoms with E-state index < -0.39 is 5.54 Å². The Labute approximate surface area is 246 Å². The number of rotatable bonds is 3. The molecule has 6 heteroatoms. The van der Waals surface area contributed by atoms with Gasteiger partial charge in [-0.15, -0.1) is 0 Å². The molecule has 42 heavy (non-hydrogen) atoms. The molecule has 1 aliphatic rings. The number of hydrogen-bond acceptors (Lipinski definition) is 5. The summed E-state index contributed by atoms with van der Waals surface area (Å²) in [6, 6.07) is 34.9. The topological polar surface area (TPSA) is 70.6 Å². The van der Waals surface area contributed by atoms with Crippen LogP contribution in [0.5, 0.6) is 0 Å². The van der Waals surface area contributed by atoms with Crippen LogP contribution in [0, 0.1) is 11.3 Å². The van der Waals surface area contributed by atoms with E-state index in [9.17, 15) is 5.26 Å². The van der Waals surface area contributed by atoms with Crippen molar-refractivity contribution >= 4 is 33.7 Å². The molecule has 0 bridgehead atoms. The smallest absolute Gasteiger partial charge is 0.234 e. The molecule has 7 rings (SSSR count). The van der Waals surface area contributed by atoms with Crippen LogP contribution in [0.15, 0.2) is 97.1 Å². The molecule has 1 aliphatic heterocycles. The average molecular weight is 551 g/mol. The molecule has 0 radical (unpaired) electrons. The number of nitrogens with zero attached hydrogens (tertiary/aromatic N) is 6. The summed E-state index contributed by atoms with van der Waals surface area (Å²) in [6.45, 7) is 12.9. The maximum atomic E-state index is 10.4. The first-order valence-electron chi connectivity index (χ1n) is 14.5. The summed E-state index contributed by atoms with van der Waals surface area (Å²) >= 11 is 0. The van der Waals surface area contributed by atoms with Gasteiger partial charge in [-0.3, -0.25) is 4.90 Å². The maximum Gasteiger partial charge on any atom is 0.234 e. The Kier molecular flexibility index (Phi) is 6.54. The van der Waals surface area contributed by atoms with E-state index in [-0.39, 0.29) is 5.54 Å². The van der Waals surface area contributed by atoms with E-state index in [1.54, 1.807) is 0 Å². The van der Waals surface area contributed by atoms with E-state index in [1.807, 2.05) is 74.5 Å². The highest BCUT2D eigenvalue weighted by Crippen LogP contribution is 2.52. The second-order valence-electron chi connectivity index (χ2n) is 11.3. The van der Waals surface area contributed by atoms with Crippen LogP contribution in [0.25, 0.3) is 44.3 Å². The molecular formula is C36H34N6. The molecule has 3 heterocycles. The number of hydrogen-bond donors (Lipinski definition) is 0. The van der Waals surface area contributed by atoms with Gasteiger partial charge in [0.1, 0.15) is 11.6 Å². The van der Waals surface area contributed by atoms with E-state index in [4.69, 9.17) is 15.0 Å². The van der Waals surface area contributed by atoms with Crippen molar-refractivity contribution in [3.63, 3.8) is 0 Å². The predicted molar refractivity (Wildman–Crippen MR) is 172 cm³/mol. The second kappa shape index (κ2) is 10.1. The van der Waals surface area contributed by atoms with Gasteiger partial charge in [0, 0.05) is 16.5 Å². The van der Waals surface area contributed by atoms with Gasteiger partial charge in [0.2, 0.25) is 11.9 Å². The van der Waals surface area contributed by atoms with Crippen molar-refractivity contribution in [1.82, 2.24) is 19.5 Å². The van der Waals surface area contributed by atoms with Crippen molar-refractivity contribution < 1.29 is 0 Å². The third-order valence-corrected chi connectivity index (χ3v) is 8.65. The number of anilines is 2. The Bertz CT molecular complexity index is 1900. The Morgan fingerprint density at radius 3 is 1.76 bits per heavy atom. The molecule has 208 valence electrons. The number of fused-ring (bicyclic) bond motifs is 5. The van der Waals surface area contributed by atoms with Crippen LogP contribution in [0.4, 0.5) is 11.9 Å². The van der Waals surface area contributed by atoms with Crippen molar-refractivity contribution in [3.8, 4) is 28.6 Å². The maximum absolute atomic E-state index is 10.4. The van der Waals surface area contributed by atoms with Gasteiger partial charge in [-0.05, 0) is 39.1 Å². The summed E-state index contributed by atoms with van der Waals surface area (Å²) in [7, 11) is 0. The number of benzene rings is 4. The van der Waals surface area contributed by atoms with Crippen LogP contribution < -0.4 is 4.90 Å². The fraction of sp³-hybridized carbons (Fsp3) is 0.222. The third-order valence-electron chi connectivity index (χ3n) is 8.65. The van der Waals surface area contributed by atoms with Gasteiger partial charge < -0.3 is 4.57 Å². The van der Waals surface area contributed by atoms with Crippen molar-refractivity contribution in [2.24, 2.45) is 0 Å². The van der Waals surface area contributed by atoms with Gasteiger partial charge in [0.05, 0.1) is 33.5 Å². The minimum atomic E-state index is -0.439. The lowest BCUT2D eigenvalue weighted by Gasteiger charge is -2.40. The molecule has 0 amide bonds. The molecule has 0 fully saturated rings. The summed E-state index contributed by atoms with van der Waals surface area (Å²) in [6.07, 6.45) is 0. The molecular weight excluding hydrogens is 516 g/mol. The van der Waals surface area contributed by atoms with Crippen molar-refractivity contribution in [2.75, 3.05) is 4.90 Å². The lowest BCUT2D eigenvalue weighted by molar-refractivity contribution is 0.251. The van der Waals surface area contributed by atoms with Gasteiger partial charge in [-0.1, -0.05) is 105 Å². The van der Waals surface area contributed by atoms with Gasteiger partial charge in [0.25, 0.3) is 0 Å². The molecule has 0 saturated carbocycles. The Hall–Kier alpha value is -5.02.